The van der Waals surface area contributed by atoms with Crippen molar-refractivity contribution in [2.75, 3.05) is 0 Å². The van der Waals surface area contributed by atoms with E-state index in [9.17, 15) is 10.2 Å². The second-order valence-corrected chi connectivity index (χ2v) is 7.11. The SMILES string of the molecule is OC1[C@@H](O)c2ccc3cc4c(ccc5ccccc54)cc3c2[C@H]2O[C@@H]12. The first-order chi connectivity index (χ1) is 12.2. The van der Waals surface area contributed by atoms with E-state index in [4.69, 9.17) is 4.74 Å². The zero-order chi connectivity index (χ0) is 16.7. The van der Waals surface area contributed by atoms with Crippen molar-refractivity contribution in [3.63, 3.8) is 0 Å². The van der Waals surface area contributed by atoms with Crippen molar-refractivity contribution in [3.05, 3.63) is 71.8 Å². The van der Waals surface area contributed by atoms with E-state index in [0.29, 0.717) is 0 Å². The summed E-state index contributed by atoms with van der Waals surface area (Å²) in [6.45, 7) is 0. The smallest absolute Gasteiger partial charge is 0.118 e. The van der Waals surface area contributed by atoms with Gasteiger partial charge in [-0.2, -0.15) is 0 Å². The Morgan fingerprint density at radius 1 is 0.720 bits per heavy atom. The lowest BCUT2D eigenvalue weighted by Gasteiger charge is -2.24. The van der Waals surface area contributed by atoms with E-state index in [0.717, 1.165) is 21.9 Å². The van der Waals surface area contributed by atoms with Crippen LogP contribution in [0, 0.1) is 0 Å². The zero-order valence-corrected chi connectivity index (χ0v) is 13.4. The highest BCUT2D eigenvalue weighted by Crippen LogP contribution is 2.53. The quantitative estimate of drug-likeness (QED) is 0.291. The second-order valence-electron chi connectivity index (χ2n) is 7.11. The maximum absolute atomic E-state index is 10.4. The minimum Gasteiger partial charge on any atom is -0.387 e. The van der Waals surface area contributed by atoms with Crippen LogP contribution in [0.1, 0.15) is 23.3 Å². The van der Waals surface area contributed by atoms with Crippen LogP contribution >= 0.6 is 0 Å². The van der Waals surface area contributed by atoms with Gasteiger partial charge < -0.3 is 14.9 Å². The number of hydrogen-bond donors (Lipinski definition) is 2. The van der Waals surface area contributed by atoms with Crippen molar-refractivity contribution in [2.24, 2.45) is 0 Å². The Balaban J connectivity index is 1.72. The number of aliphatic hydroxyl groups is 2. The summed E-state index contributed by atoms with van der Waals surface area (Å²) in [7, 11) is 0. The van der Waals surface area contributed by atoms with Crippen molar-refractivity contribution in [2.45, 2.75) is 24.4 Å². The molecule has 0 aromatic heterocycles. The Labute approximate surface area is 144 Å². The van der Waals surface area contributed by atoms with E-state index in [2.05, 4.69) is 48.5 Å². The van der Waals surface area contributed by atoms with Gasteiger partial charge >= 0.3 is 0 Å². The third-order valence-electron chi connectivity index (χ3n) is 5.75. The van der Waals surface area contributed by atoms with E-state index in [1.165, 1.54) is 21.5 Å². The average molecular weight is 328 g/mol. The van der Waals surface area contributed by atoms with Gasteiger partial charge in [0.1, 0.15) is 24.4 Å². The van der Waals surface area contributed by atoms with Gasteiger partial charge in [-0.25, -0.2) is 0 Å². The van der Waals surface area contributed by atoms with Crippen molar-refractivity contribution in [1.82, 2.24) is 0 Å². The number of fused-ring (bicyclic) bond motifs is 8. The molecule has 1 unspecified atom stereocenters. The predicted molar refractivity (Wildman–Crippen MR) is 97.5 cm³/mol. The van der Waals surface area contributed by atoms with E-state index in [1.54, 1.807) is 0 Å². The van der Waals surface area contributed by atoms with Crippen LogP contribution in [0.25, 0.3) is 32.3 Å². The normalized spacial score (nSPS) is 27.4. The molecule has 1 heterocycles. The van der Waals surface area contributed by atoms with Crippen molar-refractivity contribution in [1.29, 1.82) is 0 Å². The van der Waals surface area contributed by atoms with E-state index in [-0.39, 0.29) is 12.2 Å². The molecule has 2 N–H and O–H groups in total. The Hall–Kier alpha value is -2.46. The molecule has 2 aliphatic rings. The number of aliphatic hydroxyl groups excluding tert-OH is 2. The Kier molecular flexibility index (Phi) is 2.53. The molecule has 1 saturated heterocycles. The molecular formula is C22H16O3. The summed E-state index contributed by atoms with van der Waals surface area (Å²) >= 11 is 0. The highest BCUT2D eigenvalue weighted by Gasteiger charge is 2.54. The lowest BCUT2D eigenvalue weighted by atomic mass is 9.83. The summed E-state index contributed by atoms with van der Waals surface area (Å²) in [5.74, 6) is 0. The summed E-state index contributed by atoms with van der Waals surface area (Å²) in [5.41, 5.74) is 1.83. The molecule has 4 aromatic carbocycles. The topological polar surface area (TPSA) is 53.0 Å². The van der Waals surface area contributed by atoms with Crippen molar-refractivity contribution >= 4 is 32.3 Å². The number of benzene rings is 4. The number of hydrogen-bond acceptors (Lipinski definition) is 3. The van der Waals surface area contributed by atoms with Gasteiger partial charge in [0.25, 0.3) is 0 Å². The van der Waals surface area contributed by atoms with Crippen LogP contribution in [0.2, 0.25) is 0 Å². The third kappa shape index (κ3) is 1.75. The monoisotopic (exact) mass is 328 g/mol. The molecule has 1 fully saturated rings. The zero-order valence-electron chi connectivity index (χ0n) is 13.4. The highest BCUT2D eigenvalue weighted by molar-refractivity contribution is 6.12. The standard InChI is InChI=1S/C22H16O3/c23-19-15-8-7-13-9-16-12(6-5-11-3-1-2-4-14(11)16)10-17(13)18(15)21-22(25-21)20(19)24/h1-10,19-24H/t19-,20?,21+,22-/m0/s1. The molecule has 3 nitrogen and oxygen atoms in total. The number of rotatable bonds is 0. The van der Waals surface area contributed by atoms with Gasteiger partial charge in [0, 0.05) is 0 Å². The molecule has 1 aliphatic carbocycles. The van der Waals surface area contributed by atoms with Crippen molar-refractivity contribution < 1.29 is 14.9 Å². The maximum Gasteiger partial charge on any atom is 0.118 e. The third-order valence-corrected chi connectivity index (χ3v) is 5.75. The Morgan fingerprint density at radius 2 is 1.44 bits per heavy atom. The van der Waals surface area contributed by atoms with Crippen LogP contribution < -0.4 is 0 Å². The summed E-state index contributed by atoms with van der Waals surface area (Å²) in [6.07, 6.45) is -2.09. The fourth-order valence-electron chi connectivity index (χ4n) is 4.42. The van der Waals surface area contributed by atoms with Gasteiger partial charge in [-0.15, -0.1) is 0 Å². The predicted octanol–water partition coefficient (Wildman–Crippen LogP) is 3.99. The molecule has 4 atom stereocenters. The molecule has 0 amide bonds. The Morgan fingerprint density at radius 3 is 2.36 bits per heavy atom. The van der Waals surface area contributed by atoms with E-state index >= 15 is 0 Å². The highest BCUT2D eigenvalue weighted by atomic mass is 16.6. The summed E-state index contributed by atoms with van der Waals surface area (Å²) < 4.78 is 5.67. The minimum absolute atomic E-state index is 0.102. The van der Waals surface area contributed by atoms with Gasteiger partial charge in [0.15, 0.2) is 0 Å². The lowest BCUT2D eigenvalue weighted by molar-refractivity contribution is 0.000106. The molecular weight excluding hydrogens is 312 g/mol. The first-order valence-corrected chi connectivity index (χ1v) is 8.62. The van der Waals surface area contributed by atoms with Gasteiger partial charge in [-0.1, -0.05) is 48.5 Å². The van der Waals surface area contributed by atoms with E-state index in [1.807, 2.05) is 12.1 Å². The number of epoxide rings is 1. The lowest BCUT2D eigenvalue weighted by Crippen LogP contribution is -2.29. The van der Waals surface area contributed by atoms with E-state index < -0.39 is 12.2 Å². The van der Waals surface area contributed by atoms with Crippen LogP contribution in [-0.4, -0.2) is 22.4 Å². The van der Waals surface area contributed by atoms with Crippen LogP contribution in [-0.2, 0) is 4.74 Å². The largest absolute Gasteiger partial charge is 0.387 e. The average Bonchev–Trinajstić information content (AvgIpc) is 3.44. The molecule has 0 radical (unpaired) electrons. The molecule has 4 aromatic rings. The summed E-state index contributed by atoms with van der Waals surface area (Å²) in [4.78, 5) is 0. The maximum atomic E-state index is 10.4. The fraction of sp³-hybridized carbons (Fsp3) is 0.182. The minimum atomic E-state index is -0.879. The Bertz CT molecular complexity index is 1180. The second kappa shape index (κ2) is 4.58. The summed E-state index contributed by atoms with van der Waals surface area (Å²) in [6, 6.07) is 21.1. The van der Waals surface area contributed by atoms with Gasteiger partial charge in [0.2, 0.25) is 0 Å². The van der Waals surface area contributed by atoms with Crippen LogP contribution in [0.4, 0.5) is 0 Å². The molecule has 1 aliphatic heterocycles. The van der Waals surface area contributed by atoms with Crippen LogP contribution in [0.5, 0.6) is 0 Å². The van der Waals surface area contributed by atoms with Gasteiger partial charge in [0.05, 0.1) is 0 Å². The molecule has 122 valence electrons. The molecule has 0 saturated carbocycles. The first kappa shape index (κ1) is 13.8. The molecule has 25 heavy (non-hydrogen) atoms. The molecule has 6 rings (SSSR count). The first-order valence-electron chi connectivity index (χ1n) is 8.62. The van der Waals surface area contributed by atoms with Crippen LogP contribution in [0.15, 0.2) is 60.7 Å². The van der Waals surface area contributed by atoms with Crippen LogP contribution in [0.3, 0.4) is 0 Å². The number of ether oxygens (including phenoxy) is 1. The fourth-order valence-corrected chi connectivity index (χ4v) is 4.42. The molecule has 0 spiro atoms. The van der Waals surface area contributed by atoms with Gasteiger partial charge in [-0.3, -0.25) is 0 Å². The van der Waals surface area contributed by atoms with Crippen molar-refractivity contribution in [3.8, 4) is 0 Å². The molecule has 0 bridgehead atoms. The summed E-state index contributed by atoms with van der Waals surface area (Å²) in [5, 5.41) is 27.7. The molecule has 3 heteroatoms. The van der Waals surface area contributed by atoms with Gasteiger partial charge in [-0.05, 0) is 55.6 Å².